The van der Waals surface area contributed by atoms with Crippen LogP contribution in [0.4, 0.5) is 0 Å². The zero-order valence-corrected chi connectivity index (χ0v) is 16.7. The predicted octanol–water partition coefficient (Wildman–Crippen LogP) is 3.58. The molecule has 2 N–H and O–H groups in total. The fraction of sp³-hybridized carbons (Fsp3) is 0.524. The predicted molar refractivity (Wildman–Crippen MR) is 111 cm³/mol. The molecule has 5 nitrogen and oxygen atoms in total. The molecule has 0 spiro atoms. The molecule has 0 fully saturated rings. The molecule has 0 aliphatic carbocycles. The fourth-order valence-electron chi connectivity index (χ4n) is 2.43. The number of carbonyl (C=O) groups is 1. The number of rotatable bonds is 10. The van der Waals surface area contributed by atoms with Crippen molar-refractivity contribution >= 4 is 11.9 Å². The lowest BCUT2D eigenvalue weighted by Crippen LogP contribution is -2.39. The second-order valence-electron chi connectivity index (χ2n) is 6.51. The van der Waals surface area contributed by atoms with E-state index in [2.05, 4.69) is 36.0 Å². The van der Waals surface area contributed by atoms with Gasteiger partial charge in [-0.15, -0.1) is 6.58 Å². The van der Waals surface area contributed by atoms with Gasteiger partial charge in [0.1, 0.15) is 0 Å². The van der Waals surface area contributed by atoms with Gasteiger partial charge < -0.3 is 15.5 Å². The Morgan fingerprint density at radius 1 is 1.38 bits per heavy atom. The summed E-state index contributed by atoms with van der Waals surface area (Å²) < 4.78 is 0. The van der Waals surface area contributed by atoms with Gasteiger partial charge in [-0.3, -0.25) is 4.79 Å². The van der Waals surface area contributed by atoms with Crippen molar-refractivity contribution in [2.75, 3.05) is 20.1 Å². The van der Waals surface area contributed by atoms with E-state index < -0.39 is 0 Å². The van der Waals surface area contributed by atoms with Gasteiger partial charge in [-0.2, -0.15) is 0 Å². The van der Waals surface area contributed by atoms with Gasteiger partial charge in [0.2, 0.25) is 0 Å². The normalized spacial score (nSPS) is 12.4. The summed E-state index contributed by atoms with van der Waals surface area (Å²) in [6.45, 7) is 12.2. The molecule has 1 aromatic rings. The van der Waals surface area contributed by atoms with Crippen molar-refractivity contribution in [3.8, 4) is 0 Å². The summed E-state index contributed by atoms with van der Waals surface area (Å²) in [5, 5.41) is 6.32. The Hall–Kier alpha value is -2.30. The Labute approximate surface area is 158 Å². The topological polar surface area (TPSA) is 56.7 Å². The summed E-state index contributed by atoms with van der Waals surface area (Å²) in [7, 11) is 2.04. The first kappa shape index (κ1) is 21.7. The van der Waals surface area contributed by atoms with Crippen molar-refractivity contribution in [2.24, 2.45) is 4.99 Å². The highest BCUT2D eigenvalue weighted by Crippen LogP contribution is 2.08. The van der Waals surface area contributed by atoms with Crippen LogP contribution in [-0.2, 0) is 6.54 Å². The summed E-state index contributed by atoms with van der Waals surface area (Å²) in [6.07, 6.45) is 4.90. The molecule has 0 saturated heterocycles. The van der Waals surface area contributed by atoms with Gasteiger partial charge in [0, 0.05) is 31.7 Å². The molecule has 1 unspecified atom stereocenters. The Morgan fingerprint density at radius 2 is 2.15 bits per heavy atom. The van der Waals surface area contributed by atoms with Crippen LogP contribution in [0.3, 0.4) is 0 Å². The van der Waals surface area contributed by atoms with Crippen LogP contribution in [0, 0.1) is 0 Å². The summed E-state index contributed by atoms with van der Waals surface area (Å²) in [6, 6.07) is 7.86. The summed E-state index contributed by atoms with van der Waals surface area (Å²) >= 11 is 0. The van der Waals surface area contributed by atoms with Gasteiger partial charge in [0.05, 0.1) is 6.54 Å². The Bertz CT molecular complexity index is 597. The smallest absolute Gasteiger partial charge is 0.251 e. The molecule has 1 rings (SSSR count). The highest BCUT2D eigenvalue weighted by Gasteiger charge is 2.09. The molecule has 0 radical (unpaired) electrons. The molecule has 0 bridgehead atoms. The van der Waals surface area contributed by atoms with Gasteiger partial charge in [-0.05, 0) is 50.8 Å². The van der Waals surface area contributed by atoms with Crippen molar-refractivity contribution in [1.29, 1.82) is 0 Å². The van der Waals surface area contributed by atoms with E-state index in [0.29, 0.717) is 12.1 Å². The number of unbranched alkanes of at least 4 members (excludes halogenated alkanes) is 1. The largest absolute Gasteiger partial charge is 0.357 e. The molecule has 144 valence electrons. The summed E-state index contributed by atoms with van der Waals surface area (Å²) in [5.74, 6) is 0.852. The number of nitrogens with one attached hydrogen (secondary N) is 2. The lowest BCUT2D eigenvalue weighted by molar-refractivity contribution is 0.0939. The molecule has 1 amide bonds. The van der Waals surface area contributed by atoms with Crippen LogP contribution in [0.25, 0.3) is 0 Å². The monoisotopic (exact) mass is 358 g/mol. The van der Waals surface area contributed by atoms with Crippen LogP contribution < -0.4 is 10.6 Å². The van der Waals surface area contributed by atoms with E-state index in [4.69, 9.17) is 4.99 Å². The average molecular weight is 359 g/mol. The maximum atomic E-state index is 12.3. The lowest BCUT2D eigenvalue weighted by atomic mass is 10.1. The summed E-state index contributed by atoms with van der Waals surface area (Å²) in [5.41, 5.74) is 1.71. The number of hydrogen-bond donors (Lipinski definition) is 2. The number of guanidine groups is 1. The molecule has 26 heavy (non-hydrogen) atoms. The van der Waals surface area contributed by atoms with Gasteiger partial charge in [0.15, 0.2) is 5.96 Å². The van der Waals surface area contributed by atoms with Gasteiger partial charge in [0.25, 0.3) is 5.91 Å². The fourth-order valence-corrected chi connectivity index (χ4v) is 2.43. The van der Waals surface area contributed by atoms with E-state index in [1.807, 2.05) is 44.3 Å². The Morgan fingerprint density at radius 3 is 2.81 bits per heavy atom. The van der Waals surface area contributed by atoms with Crippen molar-refractivity contribution in [2.45, 2.75) is 52.6 Å². The molecular weight excluding hydrogens is 324 g/mol. The van der Waals surface area contributed by atoms with E-state index in [1.165, 1.54) is 0 Å². The second-order valence-corrected chi connectivity index (χ2v) is 6.51. The minimum Gasteiger partial charge on any atom is -0.357 e. The highest BCUT2D eigenvalue weighted by atomic mass is 16.1. The Balaban J connectivity index is 2.78. The maximum absolute atomic E-state index is 12.3. The van der Waals surface area contributed by atoms with Crippen molar-refractivity contribution in [3.63, 3.8) is 0 Å². The van der Waals surface area contributed by atoms with Crippen LogP contribution >= 0.6 is 0 Å². The summed E-state index contributed by atoms with van der Waals surface area (Å²) in [4.78, 5) is 19.1. The third-order valence-electron chi connectivity index (χ3n) is 4.19. The third kappa shape index (κ3) is 7.72. The lowest BCUT2D eigenvalue weighted by Gasteiger charge is -2.21. The van der Waals surface area contributed by atoms with E-state index >= 15 is 0 Å². The third-order valence-corrected chi connectivity index (χ3v) is 4.19. The molecule has 0 aliphatic rings. The van der Waals surface area contributed by atoms with Crippen LogP contribution in [0.1, 0.15) is 56.0 Å². The zero-order chi connectivity index (χ0) is 19.4. The van der Waals surface area contributed by atoms with E-state index in [0.717, 1.165) is 43.9 Å². The van der Waals surface area contributed by atoms with Crippen LogP contribution in [0.15, 0.2) is 41.9 Å². The SMILES string of the molecule is C=CCCCN(C)C(=NCc1cccc(C(=O)NC(C)CC)c1)NCC. The number of nitrogens with zero attached hydrogens (tertiary/aromatic N) is 2. The van der Waals surface area contributed by atoms with Gasteiger partial charge in [-0.1, -0.05) is 25.1 Å². The molecule has 0 aromatic heterocycles. The van der Waals surface area contributed by atoms with E-state index in [9.17, 15) is 4.79 Å². The number of allylic oxidation sites excluding steroid dienone is 1. The zero-order valence-electron chi connectivity index (χ0n) is 16.7. The Kier molecular flexibility index (Phi) is 10.1. The number of benzene rings is 1. The molecule has 0 heterocycles. The van der Waals surface area contributed by atoms with Crippen LogP contribution in [-0.4, -0.2) is 42.9 Å². The first-order valence-electron chi connectivity index (χ1n) is 9.51. The molecule has 0 saturated carbocycles. The van der Waals surface area contributed by atoms with E-state index in [-0.39, 0.29) is 11.9 Å². The number of aliphatic imine (C=N–C) groups is 1. The first-order chi connectivity index (χ1) is 12.5. The van der Waals surface area contributed by atoms with Crippen molar-refractivity contribution < 1.29 is 4.79 Å². The van der Waals surface area contributed by atoms with Gasteiger partial charge >= 0.3 is 0 Å². The van der Waals surface area contributed by atoms with Gasteiger partial charge in [-0.25, -0.2) is 4.99 Å². The highest BCUT2D eigenvalue weighted by molar-refractivity contribution is 5.94. The first-order valence-corrected chi connectivity index (χ1v) is 9.51. The maximum Gasteiger partial charge on any atom is 0.251 e. The van der Waals surface area contributed by atoms with E-state index in [1.54, 1.807) is 0 Å². The molecule has 0 aliphatic heterocycles. The molecule has 5 heteroatoms. The minimum atomic E-state index is -0.0290. The minimum absolute atomic E-state index is 0.0290. The average Bonchev–Trinajstić information content (AvgIpc) is 2.65. The molecule has 1 atom stereocenters. The standard InChI is InChI=1S/C21H34N4O/c1-6-9-10-14-25(5)21(22-8-3)23-16-18-12-11-13-19(15-18)20(26)24-17(4)7-2/h6,11-13,15,17H,1,7-10,14,16H2,2-5H3,(H,22,23)(H,24,26). The number of amides is 1. The van der Waals surface area contributed by atoms with Crippen LogP contribution in [0.5, 0.6) is 0 Å². The molecular formula is C21H34N4O. The van der Waals surface area contributed by atoms with Crippen LogP contribution in [0.2, 0.25) is 0 Å². The second kappa shape index (κ2) is 12.1. The number of carbonyl (C=O) groups excluding carboxylic acids is 1. The quantitative estimate of drug-likeness (QED) is 0.291. The number of hydrogen-bond acceptors (Lipinski definition) is 2. The van der Waals surface area contributed by atoms with Crippen molar-refractivity contribution in [1.82, 2.24) is 15.5 Å². The van der Waals surface area contributed by atoms with Crippen molar-refractivity contribution in [3.05, 3.63) is 48.0 Å². The molecule has 1 aromatic carbocycles.